The van der Waals surface area contributed by atoms with Gasteiger partial charge >= 0.3 is 0 Å². The van der Waals surface area contributed by atoms with Crippen LogP contribution in [0.4, 0.5) is 0 Å². The predicted octanol–water partition coefficient (Wildman–Crippen LogP) is 3.12. The third kappa shape index (κ3) is 9.93. The van der Waals surface area contributed by atoms with E-state index >= 15 is 0 Å². The van der Waals surface area contributed by atoms with Gasteiger partial charge in [0.05, 0.1) is 26.4 Å². The maximum atomic E-state index is 5.93. The van der Waals surface area contributed by atoms with E-state index in [0.29, 0.717) is 12.5 Å². The van der Waals surface area contributed by atoms with E-state index in [0.717, 1.165) is 76.2 Å². The number of aliphatic imine (C=N–C) groups is 1. The summed E-state index contributed by atoms with van der Waals surface area (Å²) in [6, 6.07) is 8.16. The molecule has 0 amide bonds. The Balaban J connectivity index is 0.00000392. The number of hydrogen-bond acceptors (Lipinski definition) is 4. The summed E-state index contributed by atoms with van der Waals surface area (Å²) in [6.07, 6.45) is 1.10. The van der Waals surface area contributed by atoms with Crippen molar-refractivity contribution in [2.24, 2.45) is 10.9 Å². The zero-order valence-electron chi connectivity index (χ0n) is 17.6. The molecule has 1 aromatic carbocycles. The minimum atomic E-state index is 0. The molecule has 6 nitrogen and oxygen atoms in total. The number of halogens is 1. The van der Waals surface area contributed by atoms with E-state index in [-0.39, 0.29) is 24.0 Å². The van der Waals surface area contributed by atoms with Gasteiger partial charge in [0.15, 0.2) is 5.96 Å². The van der Waals surface area contributed by atoms with Crippen molar-refractivity contribution in [2.75, 3.05) is 52.5 Å². The van der Waals surface area contributed by atoms with Crippen LogP contribution in [0.2, 0.25) is 0 Å². The van der Waals surface area contributed by atoms with E-state index in [1.165, 1.54) is 0 Å². The van der Waals surface area contributed by atoms with Gasteiger partial charge in [-0.05, 0) is 31.9 Å². The van der Waals surface area contributed by atoms with Crippen LogP contribution in [-0.2, 0) is 11.3 Å². The van der Waals surface area contributed by atoms with E-state index in [2.05, 4.69) is 42.4 Å². The molecule has 2 N–H and O–H groups in total. The number of para-hydroxylation sites is 1. The molecule has 0 unspecified atom stereocenters. The fourth-order valence-corrected chi connectivity index (χ4v) is 2.87. The van der Waals surface area contributed by atoms with Crippen LogP contribution in [0.25, 0.3) is 0 Å². The molecule has 0 bridgehead atoms. The van der Waals surface area contributed by atoms with Crippen molar-refractivity contribution >= 4 is 29.9 Å². The lowest BCUT2D eigenvalue weighted by atomic mass is 10.2. The molecule has 0 radical (unpaired) electrons. The van der Waals surface area contributed by atoms with Gasteiger partial charge in [-0.1, -0.05) is 32.0 Å². The molecule has 0 aromatic heterocycles. The van der Waals surface area contributed by atoms with Crippen molar-refractivity contribution in [3.63, 3.8) is 0 Å². The fourth-order valence-electron chi connectivity index (χ4n) is 2.87. The number of ether oxygens (including phenoxy) is 2. The monoisotopic (exact) mass is 504 g/mol. The zero-order valence-corrected chi connectivity index (χ0v) is 19.9. The first-order chi connectivity index (χ1) is 13.2. The van der Waals surface area contributed by atoms with Gasteiger partial charge in [0.25, 0.3) is 0 Å². The summed E-state index contributed by atoms with van der Waals surface area (Å²) in [5, 5.41) is 6.77. The lowest BCUT2D eigenvalue weighted by Gasteiger charge is -2.26. The first kappa shape index (κ1) is 25.0. The number of rotatable bonds is 10. The molecule has 0 spiro atoms. The quantitative estimate of drug-likeness (QED) is 0.222. The van der Waals surface area contributed by atoms with E-state index in [9.17, 15) is 0 Å². The molecule has 1 aromatic rings. The normalized spacial score (nSPS) is 15.2. The summed E-state index contributed by atoms with van der Waals surface area (Å²) in [7, 11) is 0. The second kappa shape index (κ2) is 14.9. The molecule has 1 heterocycles. The van der Waals surface area contributed by atoms with Gasteiger partial charge in [0.2, 0.25) is 0 Å². The second-order valence-electron chi connectivity index (χ2n) is 7.24. The van der Waals surface area contributed by atoms with Crippen LogP contribution in [0.15, 0.2) is 29.3 Å². The first-order valence-electron chi connectivity index (χ1n) is 10.2. The summed E-state index contributed by atoms with van der Waals surface area (Å²) in [5.41, 5.74) is 1.11. The highest BCUT2D eigenvalue weighted by atomic mass is 127. The van der Waals surface area contributed by atoms with Gasteiger partial charge < -0.3 is 20.1 Å². The van der Waals surface area contributed by atoms with E-state index in [4.69, 9.17) is 14.5 Å². The minimum absolute atomic E-state index is 0. The Morgan fingerprint density at radius 2 is 1.96 bits per heavy atom. The van der Waals surface area contributed by atoms with Crippen LogP contribution >= 0.6 is 24.0 Å². The minimum Gasteiger partial charge on any atom is -0.493 e. The largest absolute Gasteiger partial charge is 0.493 e. The number of benzene rings is 1. The van der Waals surface area contributed by atoms with Crippen molar-refractivity contribution in [3.05, 3.63) is 29.8 Å². The molecule has 1 aliphatic heterocycles. The molecule has 2 rings (SSSR count). The Hall–Kier alpha value is -1.06. The Morgan fingerprint density at radius 1 is 1.21 bits per heavy atom. The highest BCUT2D eigenvalue weighted by molar-refractivity contribution is 14.0. The molecular weight excluding hydrogens is 467 g/mol. The molecule has 1 saturated heterocycles. The van der Waals surface area contributed by atoms with Crippen molar-refractivity contribution < 1.29 is 9.47 Å². The van der Waals surface area contributed by atoms with Gasteiger partial charge in [-0.15, -0.1) is 24.0 Å². The fraction of sp³-hybridized carbons (Fsp3) is 0.667. The highest BCUT2D eigenvalue weighted by Gasteiger charge is 2.09. The Bertz CT molecular complexity index is 563. The maximum Gasteiger partial charge on any atom is 0.191 e. The zero-order chi connectivity index (χ0) is 19.3. The summed E-state index contributed by atoms with van der Waals surface area (Å²) < 4.78 is 11.3. The first-order valence-corrected chi connectivity index (χ1v) is 10.2. The number of nitrogens with zero attached hydrogens (tertiary/aromatic N) is 2. The van der Waals surface area contributed by atoms with E-state index in [1.54, 1.807) is 0 Å². The van der Waals surface area contributed by atoms with Gasteiger partial charge in [0, 0.05) is 31.7 Å². The third-order valence-electron chi connectivity index (χ3n) is 4.34. The molecule has 0 saturated carbocycles. The van der Waals surface area contributed by atoms with Crippen LogP contribution in [0.5, 0.6) is 5.75 Å². The SMILES string of the molecule is CCNC(=NCc1ccccc1OCC(C)C)NCCCN1CCOCC1.I. The van der Waals surface area contributed by atoms with Gasteiger partial charge in [-0.2, -0.15) is 0 Å². The summed E-state index contributed by atoms with van der Waals surface area (Å²) in [4.78, 5) is 7.19. The number of morpholine rings is 1. The van der Waals surface area contributed by atoms with Crippen LogP contribution in [0.3, 0.4) is 0 Å². The lowest BCUT2D eigenvalue weighted by molar-refractivity contribution is 0.0376. The molecule has 160 valence electrons. The van der Waals surface area contributed by atoms with Crippen LogP contribution in [-0.4, -0.2) is 63.4 Å². The highest BCUT2D eigenvalue weighted by Crippen LogP contribution is 2.19. The van der Waals surface area contributed by atoms with Crippen LogP contribution in [0, 0.1) is 5.92 Å². The van der Waals surface area contributed by atoms with E-state index in [1.807, 2.05) is 18.2 Å². The molecule has 0 atom stereocenters. The number of guanidine groups is 1. The second-order valence-corrected chi connectivity index (χ2v) is 7.24. The topological polar surface area (TPSA) is 58.1 Å². The van der Waals surface area contributed by atoms with Crippen molar-refractivity contribution in [1.82, 2.24) is 15.5 Å². The molecule has 1 fully saturated rings. The molecular formula is C21H37IN4O2. The predicted molar refractivity (Wildman–Crippen MR) is 127 cm³/mol. The Labute approximate surface area is 187 Å². The average Bonchev–Trinajstić information content (AvgIpc) is 2.69. The molecule has 28 heavy (non-hydrogen) atoms. The van der Waals surface area contributed by atoms with Gasteiger partial charge in [-0.3, -0.25) is 4.90 Å². The smallest absolute Gasteiger partial charge is 0.191 e. The number of hydrogen-bond donors (Lipinski definition) is 2. The van der Waals surface area contributed by atoms with Crippen LogP contribution < -0.4 is 15.4 Å². The van der Waals surface area contributed by atoms with Gasteiger partial charge in [-0.25, -0.2) is 4.99 Å². The summed E-state index contributed by atoms with van der Waals surface area (Å²) >= 11 is 0. The molecule has 1 aliphatic rings. The number of nitrogens with one attached hydrogen (secondary N) is 2. The van der Waals surface area contributed by atoms with Crippen molar-refractivity contribution in [2.45, 2.75) is 33.7 Å². The molecule has 0 aliphatic carbocycles. The van der Waals surface area contributed by atoms with Crippen molar-refractivity contribution in [1.29, 1.82) is 0 Å². The Kier molecular flexibility index (Phi) is 13.3. The van der Waals surface area contributed by atoms with Gasteiger partial charge in [0.1, 0.15) is 5.75 Å². The molecule has 7 heteroatoms. The third-order valence-corrected chi connectivity index (χ3v) is 4.34. The lowest BCUT2D eigenvalue weighted by Crippen LogP contribution is -2.40. The maximum absolute atomic E-state index is 5.93. The standard InChI is InChI=1S/C21H36N4O2.HI/c1-4-22-21(23-10-7-11-25-12-14-26-15-13-25)24-16-19-8-5-6-9-20(19)27-17-18(2)3;/h5-6,8-9,18H,4,7,10-17H2,1-3H3,(H2,22,23,24);1H. The Morgan fingerprint density at radius 3 is 2.68 bits per heavy atom. The van der Waals surface area contributed by atoms with Crippen LogP contribution in [0.1, 0.15) is 32.8 Å². The summed E-state index contributed by atoms with van der Waals surface area (Å²) in [6.45, 7) is 14.4. The van der Waals surface area contributed by atoms with E-state index < -0.39 is 0 Å². The van der Waals surface area contributed by atoms with Crippen molar-refractivity contribution in [3.8, 4) is 5.75 Å². The summed E-state index contributed by atoms with van der Waals surface area (Å²) in [5.74, 6) is 2.29. The average molecular weight is 504 g/mol.